The fourth-order valence-electron chi connectivity index (χ4n) is 4.15. The number of hydrogen-bond donors (Lipinski definition) is 0. The van der Waals surface area contributed by atoms with Crippen LogP contribution in [-0.2, 0) is 14.3 Å². The number of esters is 1. The summed E-state index contributed by atoms with van der Waals surface area (Å²) in [6, 6.07) is 6.76. The molecule has 0 saturated heterocycles. The van der Waals surface area contributed by atoms with Crippen molar-refractivity contribution >= 4 is 16.9 Å². The Kier molecular flexibility index (Phi) is 6.20. The lowest BCUT2D eigenvalue weighted by Gasteiger charge is -2.33. The molecule has 140 valence electrons. The van der Waals surface area contributed by atoms with Gasteiger partial charge in [0, 0.05) is 18.7 Å². The van der Waals surface area contributed by atoms with Gasteiger partial charge in [0.05, 0.1) is 24.6 Å². The van der Waals surface area contributed by atoms with Crippen molar-refractivity contribution in [3.63, 3.8) is 0 Å². The molecule has 2 aromatic rings. The topological polar surface area (TPSA) is 48.4 Å². The Labute approximate surface area is 153 Å². The monoisotopic (exact) mass is 359 g/mol. The standard InChI is InChI=1S/C21H26FNO3/c1-3-26-21(24)19(13-25-2)15-6-4-14(5-7-15)17-10-11-23-20-9-8-16(22)12-18(17)20/h8-12,14-15,19H,3-7,13H2,1-2H3/t14-,15+,19?. The fourth-order valence-corrected chi connectivity index (χ4v) is 4.15. The molecule has 26 heavy (non-hydrogen) atoms. The Morgan fingerprint density at radius 3 is 2.73 bits per heavy atom. The van der Waals surface area contributed by atoms with Crippen LogP contribution in [0.1, 0.15) is 44.1 Å². The summed E-state index contributed by atoms with van der Waals surface area (Å²) in [5, 5.41) is 0.898. The van der Waals surface area contributed by atoms with Crippen molar-refractivity contribution in [2.24, 2.45) is 11.8 Å². The smallest absolute Gasteiger partial charge is 0.311 e. The highest BCUT2D eigenvalue weighted by Crippen LogP contribution is 2.41. The van der Waals surface area contributed by atoms with Gasteiger partial charge in [0.2, 0.25) is 0 Å². The van der Waals surface area contributed by atoms with Crippen LogP contribution in [0.3, 0.4) is 0 Å². The van der Waals surface area contributed by atoms with Crippen LogP contribution in [0.25, 0.3) is 10.9 Å². The van der Waals surface area contributed by atoms with Crippen LogP contribution in [0.2, 0.25) is 0 Å². The van der Waals surface area contributed by atoms with E-state index in [-0.39, 0.29) is 23.6 Å². The number of nitrogens with zero attached hydrogens (tertiary/aromatic N) is 1. The van der Waals surface area contributed by atoms with Gasteiger partial charge in [-0.25, -0.2) is 4.39 Å². The van der Waals surface area contributed by atoms with Crippen molar-refractivity contribution in [1.29, 1.82) is 0 Å². The van der Waals surface area contributed by atoms with Crippen LogP contribution in [-0.4, -0.2) is 31.3 Å². The van der Waals surface area contributed by atoms with Crippen LogP contribution < -0.4 is 0 Å². The molecule has 1 aliphatic rings. The van der Waals surface area contributed by atoms with E-state index in [2.05, 4.69) is 4.98 Å². The minimum absolute atomic E-state index is 0.158. The zero-order valence-corrected chi connectivity index (χ0v) is 15.4. The first-order valence-corrected chi connectivity index (χ1v) is 9.33. The minimum Gasteiger partial charge on any atom is -0.466 e. The van der Waals surface area contributed by atoms with Gasteiger partial charge in [0.15, 0.2) is 0 Å². The first-order chi connectivity index (χ1) is 12.6. The van der Waals surface area contributed by atoms with Gasteiger partial charge in [0.1, 0.15) is 5.82 Å². The zero-order valence-electron chi connectivity index (χ0n) is 15.4. The van der Waals surface area contributed by atoms with Crippen LogP contribution in [0, 0.1) is 17.7 Å². The third-order valence-electron chi connectivity index (χ3n) is 5.45. The van der Waals surface area contributed by atoms with E-state index in [4.69, 9.17) is 9.47 Å². The summed E-state index contributed by atoms with van der Waals surface area (Å²) < 4.78 is 24.2. The van der Waals surface area contributed by atoms with Gasteiger partial charge < -0.3 is 9.47 Å². The van der Waals surface area contributed by atoms with Crippen molar-refractivity contribution in [2.45, 2.75) is 38.5 Å². The van der Waals surface area contributed by atoms with Crippen molar-refractivity contribution in [1.82, 2.24) is 4.98 Å². The van der Waals surface area contributed by atoms with E-state index in [1.807, 2.05) is 13.0 Å². The molecule has 0 N–H and O–H groups in total. The molecular weight excluding hydrogens is 333 g/mol. The van der Waals surface area contributed by atoms with E-state index in [1.54, 1.807) is 25.4 Å². The Hall–Kier alpha value is -2.01. The summed E-state index contributed by atoms with van der Waals surface area (Å²) in [6.07, 6.45) is 5.63. The molecule has 1 aliphatic carbocycles. The first kappa shape index (κ1) is 18.8. The van der Waals surface area contributed by atoms with Gasteiger partial charge in [-0.1, -0.05) is 0 Å². The van der Waals surface area contributed by atoms with Gasteiger partial charge in [-0.2, -0.15) is 0 Å². The predicted octanol–water partition coefficient (Wildman–Crippen LogP) is 4.47. The number of ether oxygens (including phenoxy) is 2. The second-order valence-corrected chi connectivity index (χ2v) is 6.99. The molecule has 1 saturated carbocycles. The molecule has 1 atom stereocenters. The summed E-state index contributed by atoms with van der Waals surface area (Å²) in [7, 11) is 1.62. The summed E-state index contributed by atoms with van der Waals surface area (Å²) in [4.78, 5) is 16.6. The van der Waals surface area contributed by atoms with E-state index in [1.165, 1.54) is 6.07 Å². The number of carbonyl (C=O) groups is 1. The van der Waals surface area contributed by atoms with Crippen LogP contribution in [0.4, 0.5) is 4.39 Å². The molecule has 0 amide bonds. The number of rotatable bonds is 6. The Morgan fingerprint density at radius 2 is 2.04 bits per heavy atom. The van der Waals surface area contributed by atoms with Crippen molar-refractivity contribution in [3.05, 3.63) is 41.8 Å². The zero-order chi connectivity index (χ0) is 18.5. The molecule has 1 fully saturated rings. The lowest BCUT2D eigenvalue weighted by Crippen LogP contribution is -2.32. The molecule has 0 bridgehead atoms. The molecule has 0 spiro atoms. The second-order valence-electron chi connectivity index (χ2n) is 6.99. The lowest BCUT2D eigenvalue weighted by molar-refractivity contribution is -0.152. The molecule has 1 aromatic heterocycles. The number of fused-ring (bicyclic) bond motifs is 1. The van der Waals surface area contributed by atoms with E-state index in [0.29, 0.717) is 19.1 Å². The number of hydrogen-bond acceptors (Lipinski definition) is 4. The third kappa shape index (κ3) is 4.04. The van der Waals surface area contributed by atoms with Crippen LogP contribution >= 0.6 is 0 Å². The normalized spacial score (nSPS) is 21.5. The van der Waals surface area contributed by atoms with E-state index >= 15 is 0 Å². The average Bonchev–Trinajstić information content (AvgIpc) is 2.66. The summed E-state index contributed by atoms with van der Waals surface area (Å²) in [5.74, 6) is 0.0451. The summed E-state index contributed by atoms with van der Waals surface area (Å²) in [6.45, 7) is 2.62. The van der Waals surface area contributed by atoms with Crippen molar-refractivity contribution < 1.29 is 18.7 Å². The number of aromatic nitrogens is 1. The minimum atomic E-state index is -0.233. The molecule has 5 heteroatoms. The number of carbonyl (C=O) groups excluding carboxylic acids is 1. The Bertz CT molecular complexity index is 756. The number of halogens is 1. The van der Waals surface area contributed by atoms with Gasteiger partial charge in [0.25, 0.3) is 0 Å². The molecule has 0 aliphatic heterocycles. The lowest BCUT2D eigenvalue weighted by atomic mass is 9.73. The van der Waals surface area contributed by atoms with Gasteiger partial charge >= 0.3 is 5.97 Å². The highest BCUT2D eigenvalue weighted by atomic mass is 19.1. The first-order valence-electron chi connectivity index (χ1n) is 9.33. The van der Waals surface area contributed by atoms with Gasteiger partial charge in [-0.15, -0.1) is 0 Å². The highest BCUT2D eigenvalue weighted by Gasteiger charge is 2.33. The van der Waals surface area contributed by atoms with E-state index in [9.17, 15) is 9.18 Å². The van der Waals surface area contributed by atoms with Gasteiger partial charge in [-0.3, -0.25) is 9.78 Å². The molecule has 1 aromatic carbocycles. The van der Waals surface area contributed by atoms with Crippen LogP contribution in [0.15, 0.2) is 30.5 Å². The quantitative estimate of drug-likeness (QED) is 0.714. The average molecular weight is 359 g/mol. The van der Waals surface area contributed by atoms with Crippen LogP contribution in [0.5, 0.6) is 0 Å². The highest BCUT2D eigenvalue weighted by molar-refractivity contribution is 5.82. The molecule has 1 unspecified atom stereocenters. The number of benzene rings is 1. The second kappa shape index (κ2) is 8.58. The largest absolute Gasteiger partial charge is 0.466 e. The molecule has 3 rings (SSSR count). The number of pyridine rings is 1. The molecule has 4 nitrogen and oxygen atoms in total. The third-order valence-corrected chi connectivity index (χ3v) is 5.45. The van der Waals surface area contributed by atoms with Crippen molar-refractivity contribution in [3.8, 4) is 0 Å². The molecule has 1 heterocycles. The maximum Gasteiger partial charge on any atom is 0.311 e. The summed E-state index contributed by atoms with van der Waals surface area (Å²) in [5.41, 5.74) is 1.99. The Morgan fingerprint density at radius 1 is 1.27 bits per heavy atom. The van der Waals surface area contributed by atoms with E-state index in [0.717, 1.165) is 42.1 Å². The summed E-state index contributed by atoms with van der Waals surface area (Å²) >= 11 is 0. The molecular formula is C21H26FNO3. The number of methoxy groups -OCH3 is 1. The van der Waals surface area contributed by atoms with Gasteiger partial charge in [-0.05, 0) is 74.3 Å². The fraction of sp³-hybridized carbons (Fsp3) is 0.524. The SMILES string of the molecule is CCOC(=O)C(COC)[C@H]1CC[C@@H](c2ccnc3ccc(F)cc32)CC1. The maximum atomic E-state index is 13.7. The van der Waals surface area contributed by atoms with Crippen molar-refractivity contribution in [2.75, 3.05) is 20.3 Å². The maximum absolute atomic E-state index is 13.7. The Balaban J connectivity index is 1.74. The van der Waals surface area contributed by atoms with E-state index < -0.39 is 0 Å². The predicted molar refractivity (Wildman–Crippen MR) is 98.4 cm³/mol. The molecule has 0 radical (unpaired) electrons.